The van der Waals surface area contributed by atoms with Crippen LogP contribution in [-0.4, -0.2) is 35.6 Å². The van der Waals surface area contributed by atoms with Gasteiger partial charge in [-0.1, -0.05) is 0 Å². The van der Waals surface area contributed by atoms with Crippen molar-refractivity contribution in [2.24, 2.45) is 0 Å². The van der Waals surface area contributed by atoms with Crippen LogP contribution in [-0.2, 0) is 0 Å². The molecule has 0 aromatic heterocycles. The van der Waals surface area contributed by atoms with E-state index in [0.29, 0.717) is 0 Å². The van der Waals surface area contributed by atoms with Gasteiger partial charge >= 0.3 is 40.4 Å². The predicted molar refractivity (Wildman–Crippen MR) is 16.9 cm³/mol. The molecule has 4 heavy (non-hydrogen) atoms. The third kappa shape index (κ3) is 15.7. The molecular formula is COSe2. The second-order valence-corrected chi connectivity index (χ2v) is 3.12. The summed E-state index contributed by atoms with van der Waals surface area (Å²) < 4.78 is -0.0833. The van der Waals surface area contributed by atoms with E-state index in [1.807, 2.05) is 0 Å². The Balaban J connectivity index is 2.80. The fourth-order valence-electron chi connectivity index (χ4n) is 0. The molecule has 0 aliphatic carbocycles. The van der Waals surface area contributed by atoms with E-state index in [4.69, 9.17) is 0 Å². The third-order valence-corrected chi connectivity index (χ3v) is 0. The first-order chi connectivity index (χ1) is 1.73. The van der Waals surface area contributed by atoms with Crippen LogP contribution in [0.2, 0.25) is 0 Å². The van der Waals surface area contributed by atoms with Gasteiger partial charge in [0, 0.05) is 0 Å². The molecule has 0 heterocycles. The molecule has 0 spiro atoms. The molecule has 0 saturated heterocycles. The van der Waals surface area contributed by atoms with E-state index in [1.54, 1.807) is 0 Å². The molecule has 0 amide bonds. The average Bonchev–Trinajstić information content (AvgIpc) is 0.811. The van der Waals surface area contributed by atoms with Gasteiger partial charge in [0.25, 0.3) is 0 Å². The van der Waals surface area contributed by atoms with Gasteiger partial charge in [-0.15, -0.1) is 0 Å². The summed E-state index contributed by atoms with van der Waals surface area (Å²) in [6.45, 7) is 0. The molecule has 0 aromatic rings. The van der Waals surface area contributed by atoms with Crippen LogP contribution in [0.5, 0.6) is 0 Å². The Morgan fingerprint density at radius 1 is 1.50 bits per heavy atom. The molecular weight excluding hydrogens is 186 g/mol. The predicted octanol–water partition coefficient (Wildman–Crippen LogP) is -0.557. The van der Waals surface area contributed by atoms with E-state index in [1.165, 1.54) is 0 Å². The van der Waals surface area contributed by atoms with Crippen molar-refractivity contribution in [3.05, 3.63) is 0 Å². The molecule has 0 unspecified atom stereocenters. The van der Waals surface area contributed by atoms with E-state index >= 15 is 0 Å². The van der Waals surface area contributed by atoms with E-state index in [-0.39, 0.29) is 3.58 Å². The number of rotatable bonds is 0. The minimum atomic E-state index is -0.0833. The Bertz CT molecular complexity index is 29.0. The van der Waals surface area contributed by atoms with Crippen molar-refractivity contribution in [2.45, 2.75) is 0 Å². The first kappa shape index (κ1) is 4.71. The number of hydrogen-bond donors (Lipinski definition) is 0. The van der Waals surface area contributed by atoms with Crippen LogP contribution in [0.1, 0.15) is 0 Å². The van der Waals surface area contributed by atoms with Crippen LogP contribution in [0.3, 0.4) is 0 Å². The van der Waals surface area contributed by atoms with Crippen LogP contribution < -0.4 is 0 Å². The van der Waals surface area contributed by atoms with Crippen LogP contribution in [0.25, 0.3) is 0 Å². The van der Waals surface area contributed by atoms with Crippen LogP contribution in [0.4, 0.5) is 4.79 Å². The summed E-state index contributed by atoms with van der Waals surface area (Å²) in [6, 6.07) is 0. The third-order valence-electron chi connectivity index (χ3n) is 0. The first-order valence-corrected chi connectivity index (χ1v) is 2.33. The molecule has 0 bridgehead atoms. The van der Waals surface area contributed by atoms with Crippen molar-refractivity contribution in [1.29, 1.82) is 0 Å². The van der Waals surface area contributed by atoms with Crippen molar-refractivity contribution < 1.29 is 4.79 Å². The summed E-state index contributed by atoms with van der Waals surface area (Å²) >= 11 is 4.42. The Hall–Kier alpha value is 0.709. The van der Waals surface area contributed by atoms with Gasteiger partial charge in [-0.05, 0) is 0 Å². The Kier molecular flexibility index (Phi) is 2.33. The monoisotopic (exact) mass is 188 g/mol. The molecule has 0 atom stereocenters. The van der Waals surface area contributed by atoms with Gasteiger partial charge in [0.05, 0.1) is 0 Å². The van der Waals surface area contributed by atoms with Crippen molar-refractivity contribution >= 4 is 35.6 Å². The van der Waals surface area contributed by atoms with Crippen molar-refractivity contribution in [1.82, 2.24) is 0 Å². The minimum absolute atomic E-state index is 0.0833. The van der Waals surface area contributed by atoms with Gasteiger partial charge in [-0.25, -0.2) is 0 Å². The summed E-state index contributed by atoms with van der Waals surface area (Å²) in [5.74, 6) is 0. The van der Waals surface area contributed by atoms with Crippen LogP contribution in [0, 0.1) is 0 Å². The molecule has 0 aliphatic heterocycles. The maximum absolute atomic E-state index is 9.33. The fraction of sp³-hybridized carbons (Fsp3) is 0. The maximum atomic E-state index is 9.33. The molecule has 3 heteroatoms. The number of carbonyl (C=O) groups is 1. The Morgan fingerprint density at radius 3 is 1.50 bits per heavy atom. The van der Waals surface area contributed by atoms with E-state index < -0.39 is 0 Å². The zero-order valence-corrected chi connectivity index (χ0v) is 5.15. The molecule has 1 nitrogen and oxygen atoms in total. The van der Waals surface area contributed by atoms with Crippen molar-refractivity contribution in [2.75, 3.05) is 0 Å². The van der Waals surface area contributed by atoms with E-state index in [0.717, 1.165) is 0 Å². The average molecular weight is 186 g/mol. The van der Waals surface area contributed by atoms with Crippen LogP contribution in [0.15, 0.2) is 0 Å². The Labute approximate surface area is 40.8 Å². The first-order valence-electron chi connectivity index (χ1n) is 0.612. The SMILES string of the molecule is O=C([Se])[Se]. The summed E-state index contributed by atoms with van der Waals surface area (Å²) in [4.78, 5) is 9.33. The molecule has 22 valence electrons. The zero-order chi connectivity index (χ0) is 3.58. The van der Waals surface area contributed by atoms with Gasteiger partial charge in [-0.3, -0.25) is 0 Å². The summed E-state index contributed by atoms with van der Waals surface area (Å²) in [7, 11) is 0. The molecule has 0 fully saturated rings. The second-order valence-electron chi connectivity index (χ2n) is 0.250. The fourth-order valence-corrected chi connectivity index (χ4v) is 0. The second kappa shape index (κ2) is 1.98. The van der Waals surface area contributed by atoms with E-state index in [2.05, 4.69) is 32.0 Å². The van der Waals surface area contributed by atoms with Gasteiger partial charge in [0.2, 0.25) is 0 Å². The summed E-state index contributed by atoms with van der Waals surface area (Å²) in [6.07, 6.45) is 0. The zero-order valence-electron chi connectivity index (χ0n) is 1.72. The van der Waals surface area contributed by atoms with E-state index in [9.17, 15) is 4.79 Å². The summed E-state index contributed by atoms with van der Waals surface area (Å²) in [5, 5.41) is 0. The van der Waals surface area contributed by atoms with Gasteiger partial charge in [-0.2, -0.15) is 0 Å². The number of carbonyl (C=O) groups excluding carboxylic acids is 1. The normalized spacial score (nSPS) is 6.00. The van der Waals surface area contributed by atoms with Crippen LogP contribution >= 0.6 is 0 Å². The quantitative estimate of drug-likeness (QED) is 0.463. The summed E-state index contributed by atoms with van der Waals surface area (Å²) in [5.41, 5.74) is 0. The molecule has 0 aliphatic rings. The van der Waals surface area contributed by atoms with Gasteiger partial charge in [0.1, 0.15) is 0 Å². The van der Waals surface area contributed by atoms with Gasteiger partial charge in [0.15, 0.2) is 0 Å². The van der Waals surface area contributed by atoms with Gasteiger partial charge < -0.3 is 0 Å². The molecule has 0 N–H and O–H groups in total. The Morgan fingerprint density at radius 2 is 1.50 bits per heavy atom. The number of hydrogen-bond acceptors (Lipinski definition) is 1. The topological polar surface area (TPSA) is 17.1 Å². The molecule has 2 radical (unpaired) electrons. The van der Waals surface area contributed by atoms with Crippen molar-refractivity contribution in [3.8, 4) is 0 Å². The molecule has 0 rings (SSSR count). The molecule has 0 saturated carbocycles. The van der Waals surface area contributed by atoms with Crippen molar-refractivity contribution in [3.63, 3.8) is 0 Å². The molecule has 0 aromatic carbocycles. The standard InChI is InChI=1S/COSe2/c2-1(3)4.